The molecule has 1 aromatic carbocycles. The molecule has 0 heterocycles. The van der Waals surface area contributed by atoms with Crippen LogP contribution in [0.25, 0.3) is 0 Å². The molecule has 0 spiro atoms. The van der Waals surface area contributed by atoms with Crippen molar-refractivity contribution in [2.45, 2.75) is 37.5 Å². The van der Waals surface area contributed by atoms with E-state index in [1.165, 1.54) is 18.9 Å². The first-order valence-electron chi connectivity index (χ1n) is 6.72. The second-order valence-corrected chi connectivity index (χ2v) is 7.94. The molecule has 0 aromatic heterocycles. The molecule has 1 aliphatic carbocycles. The molecule has 1 aliphatic rings. The van der Waals surface area contributed by atoms with E-state index in [2.05, 4.69) is 11.6 Å². The molecule has 6 heteroatoms. The number of rotatable bonds is 5. The molecule has 1 saturated carbocycles. The number of hydrogen-bond donors (Lipinski definition) is 2. The summed E-state index contributed by atoms with van der Waals surface area (Å²) in [6.45, 7) is 2.61. The number of nitrogens with two attached hydrogens (primary N) is 1. The lowest BCUT2D eigenvalue weighted by atomic mass is 9.89. The topological polar surface area (TPSA) is 72.2 Å². The van der Waals surface area contributed by atoms with Crippen LogP contribution >= 0.6 is 12.2 Å². The minimum Gasteiger partial charge on any atom is -0.389 e. The molecule has 3 N–H and O–H groups in total. The van der Waals surface area contributed by atoms with Crippen molar-refractivity contribution in [1.29, 1.82) is 0 Å². The Kier molecular flexibility index (Phi) is 4.46. The standard InChI is InChI=1S/C14H20N2O2S2/c1-14(7-2-3-8-14)10-16-20(17,18)12-6-4-5-11(9-12)13(15)19/h4-6,9,16H,2-3,7-8,10H2,1H3,(H2,15,19). The van der Waals surface area contributed by atoms with Gasteiger partial charge >= 0.3 is 0 Å². The van der Waals surface area contributed by atoms with E-state index in [-0.39, 0.29) is 15.3 Å². The van der Waals surface area contributed by atoms with Crippen LogP contribution in [0.1, 0.15) is 38.2 Å². The number of nitrogens with one attached hydrogen (secondary N) is 1. The van der Waals surface area contributed by atoms with Gasteiger partial charge in [0.25, 0.3) is 0 Å². The number of benzene rings is 1. The summed E-state index contributed by atoms with van der Waals surface area (Å²) in [5, 5.41) is 0. The zero-order valence-corrected chi connectivity index (χ0v) is 13.2. The first kappa shape index (κ1) is 15.4. The van der Waals surface area contributed by atoms with Gasteiger partial charge in [-0.1, -0.05) is 44.1 Å². The maximum Gasteiger partial charge on any atom is 0.240 e. The van der Waals surface area contributed by atoms with E-state index in [4.69, 9.17) is 18.0 Å². The number of sulfonamides is 1. The third kappa shape index (κ3) is 3.56. The molecule has 20 heavy (non-hydrogen) atoms. The fraction of sp³-hybridized carbons (Fsp3) is 0.500. The van der Waals surface area contributed by atoms with Crippen LogP contribution in [0.5, 0.6) is 0 Å². The average molecular weight is 312 g/mol. The van der Waals surface area contributed by atoms with E-state index in [0.717, 1.165) is 12.8 Å². The Morgan fingerprint density at radius 2 is 2.05 bits per heavy atom. The Balaban J connectivity index is 2.14. The highest BCUT2D eigenvalue weighted by Gasteiger charge is 2.30. The second-order valence-electron chi connectivity index (χ2n) is 5.73. The minimum absolute atomic E-state index is 0.0772. The summed E-state index contributed by atoms with van der Waals surface area (Å²) >= 11 is 4.88. The Hall–Kier alpha value is -0.980. The van der Waals surface area contributed by atoms with Gasteiger partial charge in [-0.25, -0.2) is 13.1 Å². The first-order valence-corrected chi connectivity index (χ1v) is 8.61. The van der Waals surface area contributed by atoms with Crippen LogP contribution in [-0.4, -0.2) is 20.0 Å². The number of thiocarbonyl (C=S) groups is 1. The molecule has 0 atom stereocenters. The summed E-state index contributed by atoms with van der Waals surface area (Å²) < 4.78 is 27.3. The number of hydrogen-bond acceptors (Lipinski definition) is 3. The molecule has 0 radical (unpaired) electrons. The normalized spacial score (nSPS) is 18.1. The minimum atomic E-state index is -3.51. The van der Waals surface area contributed by atoms with E-state index in [0.29, 0.717) is 12.1 Å². The monoisotopic (exact) mass is 312 g/mol. The summed E-state index contributed by atoms with van der Waals surface area (Å²) in [6.07, 6.45) is 4.50. The van der Waals surface area contributed by atoms with Gasteiger partial charge in [0.05, 0.1) is 4.90 Å². The summed E-state index contributed by atoms with van der Waals surface area (Å²) in [5.41, 5.74) is 6.18. The maximum absolute atomic E-state index is 12.3. The summed E-state index contributed by atoms with van der Waals surface area (Å²) in [5.74, 6) is 0. The van der Waals surface area contributed by atoms with Crippen LogP contribution < -0.4 is 10.5 Å². The van der Waals surface area contributed by atoms with Gasteiger partial charge in [0.1, 0.15) is 4.99 Å². The predicted octanol–water partition coefficient (Wildman–Crippen LogP) is 2.18. The smallest absolute Gasteiger partial charge is 0.240 e. The molecule has 0 aliphatic heterocycles. The van der Waals surface area contributed by atoms with Gasteiger partial charge in [0.2, 0.25) is 10.0 Å². The van der Waals surface area contributed by atoms with Crippen molar-refractivity contribution in [1.82, 2.24) is 4.72 Å². The highest BCUT2D eigenvalue weighted by Crippen LogP contribution is 2.36. The predicted molar refractivity (Wildman–Crippen MR) is 84.1 cm³/mol. The summed E-state index contributed by atoms with van der Waals surface area (Å²) in [6, 6.07) is 6.43. The highest BCUT2D eigenvalue weighted by molar-refractivity contribution is 7.89. The van der Waals surface area contributed by atoms with E-state index in [1.807, 2.05) is 0 Å². The Morgan fingerprint density at radius 1 is 1.40 bits per heavy atom. The molecule has 0 amide bonds. The average Bonchev–Trinajstić information content (AvgIpc) is 2.84. The van der Waals surface area contributed by atoms with E-state index in [9.17, 15) is 8.42 Å². The van der Waals surface area contributed by atoms with Gasteiger partial charge < -0.3 is 5.73 Å². The molecule has 0 bridgehead atoms. The van der Waals surface area contributed by atoms with Gasteiger partial charge in [-0.05, 0) is 30.4 Å². The quantitative estimate of drug-likeness (QED) is 0.818. The van der Waals surface area contributed by atoms with E-state index < -0.39 is 10.0 Å². The fourth-order valence-corrected chi connectivity index (χ4v) is 3.95. The molecule has 4 nitrogen and oxygen atoms in total. The van der Waals surface area contributed by atoms with Gasteiger partial charge in [0.15, 0.2) is 0 Å². The van der Waals surface area contributed by atoms with Crippen LogP contribution in [-0.2, 0) is 10.0 Å². The Morgan fingerprint density at radius 3 is 2.65 bits per heavy atom. The Labute approximate surface area is 125 Å². The third-order valence-corrected chi connectivity index (χ3v) is 5.56. The highest BCUT2D eigenvalue weighted by atomic mass is 32.2. The van der Waals surface area contributed by atoms with Gasteiger partial charge in [-0.3, -0.25) is 0 Å². The van der Waals surface area contributed by atoms with Crippen molar-refractivity contribution in [3.05, 3.63) is 29.8 Å². The van der Waals surface area contributed by atoms with Crippen LogP contribution in [0.3, 0.4) is 0 Å². The SMILES string of the molecule is CC1(CNS(=O)(=O)c2cccc(C(N)=S)c2)CCCC1. The van der Waals surface area contributed by atoms with E-state index in [1.54, 1.807) is 18.2 Å². The lowest BCUT2D eigenvalue weighted by Crippen LogP contribution is -2.34. The molecular weight excluding hydrogens is 292 g/mol. The van der Waals surface area contributed by atoms with Crippen molar-refractivity contribution < 1.29 is 8.42 Å². The van der Waals surface area contributed by atoms with Crippen LogP contribution in [0.4, 0.5) is 0 Å². The molecule has 1 fully saturated rings. The van der Waals surface area contributed by atoms with Crippen molar-refractivity contribution in [3.63, 3.8) is 0 Å². The summed E-state index contributed by atoms with van der Waals surface area (Å²) in [4.78, 5) is 0.411. The van der Waals surface area contributed by atoms with E-state index >= 15 is 0 Å². The molecule has 1 aromatic rings. The van der Waals surface area contributed by atoms with Gasteiger partial charge in [-0.15, -0.1) is 0 Å². The fourth-order valence-electron chi connectivity index (χ4n) is 2.57. The second kappa shape index (κ2) is 5.79. The first-order chi connectivity index (χ1) is 9.32. The van der Waals surface area contributed by atoms with Crippen molar-refractivity contribution in [2.24, 2.45) is 11.1 Å². The summed E-state index contributed by atoms with van der Waals surface area (Å²) in [7, 11) is -3.51. The molecule has 0 saturated heterocycles. The zero-order valence-electron chi connectivity index (χ0n) is 11.6. The lowest BCUT2D eigenvalue weighted by molar-refractivity contribution is 0.336. The van der Waals surface area contributed by atoms with Crippen molar-refractivity contribution in [2.75, 3.05) is 6.54 Å². The largest absolute Gasteiger partial charge is 0.389 e. The zero-order chi connectivity index (χ0) is 14.8. The van der Waals surface area contributed by atoms with Crippen LogP contribution in [0.15, 0.2) is 29.2 Å². The van der Waals surface area contributed by atoms with Crippen LogP contribution in [0, 0.1) is 5.41 Å². The molecule has 0 unspecified atom stereocenters. The van der Waals surface area contributed by atoms with Crippen LogP contribution in [0.2, 0.25) is 0 Å². The third-order valence-electron chi connectivity index (χ3n) is 3.93. The Bertz CT molecular complexity index is 605. The molecular formula is C14H20N2O2S2. The van der Waals surface area contributed by atoms with Crippen molar-refractivity contribution >= 4 is 27.2 Å². The van der Waals surface area contributed by atoms with Gasteiger partial charge in [-0.2, -0.15) is 0 Å². The van der Waals surface area contributed by atoms with Gasteiger partial charge in [0, 0.05) is 12.1 Å². The van der Waals surface area contributed by atoms with Crippen molar-refractivity contribution in [3.8, 4) is 0 Å². The lowest BCUT2D eigenvalue weighted by Gasteiger charge is -2.23. The molecule has 110 valence electrons. The molecule has 2 rings (SSSR count). The maximum atomic E-state index is 12.3.